The van der Waals surface area contributed by atoms with Crippen molar-refractivity contribution < 1.29 is 22.7 Å². The van der Waals surface area contributed by atoms with Crippen molar-refractivity contribution in [2.45, 2.75) is 18.3 Å². The van der Waals surface area contributed by atoms with E-state index < -0.39 is 11.9 Å². The van der Waals surface area contributed by atoms with Crippen LogP contribution in [0.2, 0.25) is 0 Å². The van der Waals surface area contributed by atoms with E-state index in [0.29, 0.717) is 24.6 Å². The zero-order valence-electron chi connectivity index (χ0n) is 15.7. The van der Waals surface area contributed by atoms with Gasteiger partial charge in [0.2, 0.25) is 5.91 Å². The topological polar surface area (TPSA) is 88.8 Å². The molecule has 156 valence electrons. The van der Waals surface area contributed by atoms with Crippen LogP contribution in [0.3, 0.4) is 0 Å². The average Bonchev–Trinajstić information content (AvgIpc) is 3.34. The summed E-state index contributed by atoms with van der Waals surface area (Å²) in [6.45, 7) is 1.14. The molecular formula is C18H16F3N7O2. The molecule has 5 rings (SSSR count). The molecule has 0 radical (unpaired) electrons. The van der Waals surface area contributed by atoms with Crippen LogP contribution < -0.4 is 4.90 Å². The van der Waals surface area contributed by atoms with Crippen molar-refractivity contribution in [3.05, 3.63) is 36.5 Å². The fraction of sp³-hybridized carbons (Fsp3) is 0.389. The number of halogens is 3. The van der Waals surface area contributed by atoms with Gasteiger partial charge >= 0.3 is 6.18 Å². The molecule has 0 N–H and O–H groups in total. The Morgan fingerprint density at radius 1 is 1.17 bits per heavy atom. The fourth-order valence-electron chi connectivity index (χ4n) is 3.79. The highest BCUT2D eigenvalue weighted by molar-refractivity contribution is 5.78. The Morgan fingerprint density at radius 2 is 2.00 bits per heavy atom. The van der Waals surface area contributed by atoms with Gasteiger partial charge in [0, 0.05) is 32.5 Å². The van der Waals surface area contributed by atoms with Gasteiger partial charge < -0.3 is 14.5 Å². The molecule has 2 atom stereocenters. The highest BCUT2D eigenvalue weighted by atomic mass is 19.4. The number of hydrogen-bond donors (Lipinski definition) is 0. The molecule has 0 spiro atoms. The van der Waals surface area contributed by atoms with Gasteiger partial charge in [-0.2, -0.15) is 13.2 Å². The molecular weight excluding hydrogens is 403 g/mol. The lowest BCUT2D eigenvalue weighted by Crippen LogP contribution is -2.51. The number of alkyl halides is 3. The van der Waals surface area contributed by atoms with E-state index >= 15 is 0 Å². The van der Waals surface area contributed by atoms with Gasteiger partial charge in [-0.3, -0.25) is 9.20 Å². The maximum atomic E-state index is 13.1. The largest absolute Gasteiger partial charge is 0.434 e. The zero-order chi connectivity index (χ0) is 21.0. The molecule has 0 unspecified atom stereocenters. The molecule has 9 nitrogen and oxygen atoms in total. The number of morpholine rings is 1. The summed E-state index contributed by atoms with van der Waals surface area (Å²) in [5.74, 6) is 0.764. The minimum absolute atomic E-state index is 0.0535. The first-order valence-corrected chi connectivity index (χ1v) is 9.17. The Kier molecular flexibility index (Phi) is 4.13. The van der Waals surface area contributed by atoms with Crippen molar-refractivity contribution in [1.82, 2.24) is 29.2 Å². The average molecular weight is 419 g/mol. The lowest BCUT2D eigenvalue weighted by atomic mass is 10.1. The molecule has 5 heterocycles. The third-order valence-corrected chi connectivity index (χ3v) is 5.43. The molecule has 2 aliphatic heterocycles. The lowest BCUT2D eigenvalue weighted by molar-refractivity contribution is -0.150. The van der Waals surface area contributed by atoms with Gasteiger partial charge in [0.25, 0.3) is 0 Å². The number of carbonyl (C=O) groups is 1. The molecule has 0 saturated carbocycles. The molecule has 3 aromatic rings. The van der Waals surface area contributed by atoms with E-state index in [1.807, 2.05) is 4.90 Å². The van der Waals surface area contributed by atoms with Crippen LogP contribution in [0.5, 0.6) is 0 Å². The van der Waals surface area contributed by atoms with Crippen LogP contribution in [0, 0.1) is 0 Å². The number of amides is 1. The van der Waals surface area contributed by atoms with E-state index in [-0.39, 0.29) is 36.1 Å². The van der Waals surface area contributed by atoms with Crippen LogP contribution in [0.25, 0.3) is 17.2 Å². The zero-order valence-corrected chi connectivity index (χ0v) is 15.7. The molecule has 0 aliphatic carbocycles. The standard InChI is InChI=1S/C18H16F3N7O2/c1-26-11-6-27(7-12(11)30-9-16(26)29)14-2-3-22-17(25-14)10-4-24-15-5-23-13(8-28(10)15)18(19,20)21/h2-5,8,11-12H,6-7,9H2,1H3/t11-,12-/m0/s1. The minimum Gasteiger partial charge on any atom is -0.364 e. The van der Waals surface area contributed by atoms with E-state index in [9.17, 15) is 18.0 Å². The van der Waals surface area contributed by atoms with Crippen LogP contribution >= 0.6 is 0 Å². The summed E-state index contributed by atoms with van der Waals surface area (Å²) in [6.07, 6.45) is 0.199. The van der Waals surface area contributed by atoms with Crippen LogP contribution in [-0.2, 0) is 15.7 Å². The van der Waals surface area contributed by atoms with Crippen LogP contribution in [0.15, 0.2) is 30.9 Å². The Balaban J connectivity index is 1.48. The maximum Gasteiger partial charge on any atom is 0.434 e. The Labute approximate surface area is 168 Å². The monoisotopic (exact) mass is 419 g/mol. The summed E-state index contributed by atoms with van der Waals surface area (Å²) in [6, 6.07) is 1.63. The van der Waals surface area contributed by atoms with E-state index in [0.717, 1.165) is 12.4 Å². The number of imidazole rings is 1. The normalized spacial score (nSPS) is 22.1. The summed E-state index contributed by atoms with van der Waals surface area (Å²) >= 11 is 0. The number of nitrogens with zero attached hydrogens (tertiary/aromatic N) is 7. The summed E-state index contributed by atoms with van der Waals surface area (Å²) in [5.41, 5.74) is -0.452. The number of rotatable bonds is 2. The third-order valence-electron chi connectivity index (χ3n) is 5.43. The molecule has 12 heteroatoms. The second kappa shape index (κ2) is 6.62. The number of likely N-dealkylation sites (N-methyl/N-ethyl adjacent to an activating group) is 1. The third kappa shape index (κ3) is 3.03. The summed E-state index contributed by atoms with van der Waals surface area (Å²) < 4.78 is 46.1. The van der Waals surface area contributed by atoms with E-state index in [4.69, 9.17) is 4.74 Å². The Bertz CT molecular complexity index is 1130. The second-order valence-corrected chi connectivity index (χ2v) is 7.21. The van der Waals surface area contributed by atoms with Gasteiger partial charge in [-0.25, -0.2) is 19.9 Å². The Morgan fingerprint density at radius 3 is 2.80 bits per heavy atom. The first-order chi connectivity index (χ1) is 14.3. The van der Waals surface area contributed by atoms with Gasteiger partial charge in [-0.05, 0) is 6.07 Å². The minimum atomic E-state index is -4.58. The lowest BCUT2D eigenvalue weighted by Gasteiger charge is -2.33. The number of aromatic nitrogens is 5. The maximum absolute atomic E-state index is 13.1. The molecule has 1 amide bonds. The van der Waals surface area contributed by atoms with E-state index in [1.54, 1.807) is 24.2 Å². The van der Waals surface area contributed by atoms with Crippen molar-refractivity contribution in [3.8, 4) is 11.5 Å². The van der Waals surface area contributed by atoms with Crippen molar-refractivity contribution in [1.29, 1.82) is 0 Å². The number of ether oxygens (including phenoxy) is 1. The summed E-state index contributed by atoms with van der Waals surface area (Å²) in [7, 11) is 1.75. The number of hydrogen-bond acceptors (Lipinski definition) is 7. The van der Waals surface area contributed by atoms with Crippen molar-refractivity contribution in [2.24, 2.45) is 0 Å². The quantitative estimate of drug-likeness (QED) is 0.618. The highest BCUT2D eigenvalue weighted by Crippen LogP contribution is 2.30. The highest BCUT2D eigenvalue weighted by Gasteiger charge is 2.42. The molecule has 30 heavy (non-hydrogen) atoms. The molecule has 2 saturated heterocycles. The molecule has 2 fully saturated rings. The number of fused-ring (bicyclic) bond motifs is 2. The first kappa shape index (κ1) is 18.7. The molecule has 3 aromatic heterocycles. The van der Waals surface area contributed by atoms with Crippen molar-refractivity contribution in [2.75, 3.05) is 31.6 Å². The van der Waals surface area contributed by atoms with Gasteiger partial charge in [-0.1, -0.05) is 0 Å². The SMILES string of the molecule is CN1C(=O)CO[C@H]2CN(c3ccnc(-c4cnc5cnc(C(F)(F)F)cn45)n3)C[C@@H]21. The fourth-order valence-corrected chi connectivity index (χ4v) is 3.79. The van der Waals surface area contributed by atoms with Crippen LogP contribution in [0.1, 0.15) is 5.69 Å². The van der Waals surface area contributed by atoms with Crippen molar-refractivity contribution in [3.63, 3.8) is 0 Å². The second-order valence-electron chi connectivity index (χ2n) is 7.21. The predicted molar refractivity (Wildman–Crippen MR) is 97.5 cm³/mol. The van der Waals surface area contributed by atoms with Crippen molar-refractivity contribution >= 4 is 17.4 Å². The number of anilines is 1. The predicted octanol–water partition coefficient (Wildman–Crippen LogP) is 1.25. The van der Waals surface area contributed by atoms with Crippen LogP contribution in [-0.4, -0.2) is 74.0 Å². The van der Waals surface area contributed by atoms with Gasteiger partial charge in [0.1, 0.15) is 18.1 Å². The molecule has 0 bridgehead atoms. The van der Waals surface area contributed by atoms with Gasteiger partial charge in [0.15, 0.2) is 17.2 Å². The first-order valence-electron chi connectivity index (χ1n) is 9.17. The van der Waals surface area contributed by atoms with Gasteiger partial charge in [-0.15, -0.1) is 0 Å². The number of carbonyl (C=O) groups excluding carboxylic acids is 1. The Hall–Kier alpha value is -3.28. The van der Waals surface area contributed by atoms with E-state index in [2.05, 4.69) is 19.9 Å². The molecule has 0 aromatic carbocycles. The van der Waals surface area contributed by atoms with Crippen LogP contribution in [0.4, 0.5) is 19.0 Å². The summed E-state index contributed by atoms with van der Waals surface area (Å²) in [5, 5.41) is 0. The molecule has 2 aliphatic rings. The smallest absolute Gasteiger partial charge is 0.364 e. The van der Waals surface area contributed by atoms with E-state index in [1.165, 1.54) is 10.6 Å². The van der Waals surface area contributed by atoms with Gasteiger partial charge in [0.05, 0.1) is 24.5 Å². The summed E-state index contributed by atoms with van der Waals surface area (Å²) in [4.78, 5) is 31.8.